The van der Waals surface area contributed by atoms with Crippen LogP contribution in [0.2, 0.25) is 0 Å². The van der Waals surface area contributed by atoms with Crippen molar-refractivity contribution in [1.82, 2.24) is 5.32 Å². The summed E-state index contributed by atoms with van der Waals surface area (Å²) >= 11 is 0. The Hall–Kier alpha value is -6.98. The number of nitrogens with one attached hydrogen (secondary N) is 1. The van der Waals surface area contributed by atoms with E-state index in [4.69, 9.17) is 18.8 Å². The van der Waals surface area contributed by atoms with Gasteiger partial charge in [-0.2, -0.15) is 0 Å². The van der Waals surface area contributed by atoms with E-state index in [-0.39, 0.29) is 0 Å². The number of hydrogen-bond acceptors (Lipinski definition) is 5. The summed E-state index contributed by atoms with van der Waals surface area (Å²) in [7, 11) is 0. The Labute approximate surface area is 298 Å². The van der Waals surface area contributed by atoms with Gasteiger partial charge in [-0.3, -0.25) is 0 Å². The van der Waals surface area contributed by atoms with Crippen molar-refractivity contribution in [2.24, 2.45) is 9.98 Å². The summed E-state index contributed by atoms with van der Waals surface area (Å²) in [6.45, 7) is 0. The van der Waals surface area contributed by atoms with Crippen LogP contribution in [0.25, 0.3) is 76.5 Å². The number of furan rings is 2. The molecule has 0 saturated carbocycles. The van der Waals surface area contributed by atoms with E-state index in [1.807, 2.05) is 36.4 Å². The highest BCUT2D eigenvalue weighted by molar-refractivity contribution is 6.24. The van der Waals surface area contributed by atoms with Crippen LogP contribution >= 0.6 is 0 Å². The lowest BCUT2D eigenvalue weighted by Crippen LogP contribution is -2.33. The summed E-state index contributed by atoms with van der Waals surface area (Å²) < 4.78 is 13.0. The van der Waals surface area contributed by atoms with Gasteiger partial charge < -0.3 is 14.2 Å². The predicted molar refractivity (Wildman–Crippen MR) is 213 cm³/mol. The fourth-order valence-corrected chi connectivity index (χ4v) is 7.84. The largest absolute Gasteiger partial charge is 0.456 e. The van der Waals surface area contributed by atoms with Crippen molar-refractivity contribution in [3.8, 4) is 11.1 Å². The standard InChI is InChI=1S/C47H29N3O2/c1-3-12-30-26-32(22-20-28(30)10-1)34-24-25-38(43-36-15-6-8-18-40(36)52-44(34)43)47-49-45(33-23-21-29-11-2-4-13-31(29)27-33)48-46(50-47)37-16-9-19-41-42(37)35-14-5-7-17-39(35)51-41/h1-27,46H,(H,48,49,50). The number of aliphatic imine (C=N–C) groups is 2. The molecule has 244 valence electrons. The number of hydrogen-bond donors (Lipinski definition) is 1. The van der Waals surface area contributed by atoms with Crippen molar-refractivity contribution in [2.75, 3.05) is 0 Å². The Morgan fingerprint density at radius 1 is 0.462 bits per heavy atom. The van der Waals surface area contributed by atoms with Crippen LogP contribution in [0.3, 0.4) is 0 Å². The van der Waals surface area contributed by atoms with E-state index >= 15 is 0 Å². The number of para-hydroxylation sites is 2. The molecule has 5 heteroatoms. The van der Waals surface area contributed by atoms with Crippen LogP contribution in [0.4, 0.5) is 0 Å². The number of nitrogens with zero attached hydrogens (tertiary/aromatic N) is 2. The molecule has 11 rings (SSSR count). The minimum atomic E-state index is -0.438. The van der Waals surface area contributed by atoms with Crippen molar-refractivity contribution < 1.29 is 8.83 Å². The first kappa shape index (κ1) is 28.8. The van der Waals surface area contributed by atoms with Crippen LogP contribution in [-0.2, 0) is 0 Å². The first-order chi connectivity index (χ1) is 25.7. The number of benzene rings is 8. The van der Waals surface area contributed by atoms with Gasteiger partial charge in [0, 0.05) is 43.8 Å². The van der Waals surface area contributed by atoms with E-state index in [2.05, 4.69) is 133 Å². The Balaban J connectivity index is 1.16. The molecule has 2 aromatic heterocycles. The molecular formula is C47H29N3O2. The van der Waals surface area contributed by atoms with Gasteiger partial charge >= 0.3 is 0 Å². The molecule has 1 atom stereocenters. The van der Waals surface area contributed by atoms with Gasteiger partial charge in [0.1, 0.15) is 34.3 Å². The van der Waals surface area contributed by atoms with Gasteiger partial charge in [-0.15, -0.1) is 0 Å². The molecule has 1 aliphatic heterocycles. The summed E-state index contributed by atoms with van der Waals surface area (Å²) in [6.07, 6.45) is -0.438. The normalized spacial score (nSPS) is 14.7. The fourth-order valence-electron chi connectivity index (χ4n) is 7.84. The lowest BCUT2D eigenvalue weighted by molar-refractivity contribution is 0.662. The Morgan fingerprint density at radius 2 is 1.06 bits per heavy atom. The average molecular weight is 668 g/mol. The molecule has 8 aromatic carbocycles. The Kier molecular flexibility index (Phi) is 6.25. The second-order valence-corrected chi connectivity index (χ2v) is 13.4. The molecule has 52 heavy (non-hydrogen) atoms. The van der Waals surface area contributed by atoms with E-state index in [1.165, 1.54) is 16.2 Å². The molecular weight excluding hydrogens is 639 g/mol. The molecule has 3 heterocycles. The zero-order valence-corrected chi connectivity index (χ0v) is 27.9. The lowest BCUT2D eigenvalue weighted by Gasteiger charge is -2.24. The van der Waals surface area contributed by atoms with Gasteiger partial charge in [-0.05, 0) is 69.6 Å². The summed E-state index contributed by atoms with van der Waals surface area (Å²) in [5.41, 5.74) is 8.37. The van der Waals surface area contributed by atoms with Crippen molar-refractivity contribution in [2.45, 2.75) is 6.17 Å². The SMILES string of the molecule is c1ccc2cc(C3=NC(c4ccc(-c5ccc6ccccc6c5)c5oc6ccccc6c45)=NC(c4cccc5oc6ccccc6c45)N3)ccc2c1. The predicted octanol–water partition coefficient (Wildman–Crippen LogP) is 12.0. The summed E-state index contributed by atoms with van der Waals surface area (Å²) in [6, 6.07) is 56.9. The maximum Gasteiger partial charge on any atom is 0.160 e. The van der Waals surface area contributed by atoms with Crippen LogP contribution in [-0.4, -0.2) is 11.7 Å². The Bertz CT molecular complexity index is 3130. The van der Waals surface area contributed by atoms with E-state index in [1.54, 1.807) is 0 Å². The average Bonchev–Trinajstić information content (AvgIpc) is 3.79. The van der Waals surface area contributed by atoms with Crippen molar-refractivity contribution in [1.29, 1.82) is 0 Å². The second kappa shape index (κ2) is 11.3. The summed E-state index contributed by atoms with van der Waals surface area (Å²) in [5, 5.41) is 12.6. The smallest absolute Gasteiger partial charge is 0.160 e. The third-order valence-electron chi connectivity index (χ3n) is 10.3. The van der Waals surface area contributed by atoms with Crippen LogP contribution in [0.5, 0.6) is 0 Å². The van der Waals surface area contributed by atoms with Crippen molar-refractivity contribution in [3.63, 3.8) is 0 Å². The van der Waals surface area contributed by atoms with Gasteiger partial charge in [0.2, 0.25) is 0 Å². The van der Waals surface area contributed by atoms with Gasteiger partial charge in [0.15, 0.2) is 5.84 Å². The van der Waals surface area contributed by atoms with Crippen LogP contribution in [0.1, 0.15) is 22.9 Å². The molecule has 0 radical (unpaired) electrons. The molecule has 0 fully saturated rings. The fraction of sp³-hybridized carbons (Fsp3) is 0.0213. The molecule has 0 spiro atoms. The molecule has 10 aromatic rings. The second-order valence-electron chi connectivity index (χ2n) is 13.4. The zero-order chi connectivity index (χ0) is 34.2. The van der Waals surface area contributed by atoms with Crippen molar-refractivity contribution in [3.05, 3.63) is 180 Å². The number of amidine groups is 2. The van der Waals surface area contributed by atoms with Crippen LogP contribution < -0.4 is 5.32 Å². The first-order valence-corrected chi connectivity index (χ1v) is 17.5. The minimum Gasteiger partial charge on any atom is -0.456 e. The van der Waals surface area contributed by atoms with E-state index in [9.17, 15) is 0 Å². The maximum absolute atomic E-state index is 6.72. The molecule has 0 aliphatic carbocycles. The number of fused-ring (bicyclic) bond motifs is 8. The highest BCUT2D eigenvalue weighted by Crippen LogP contribution is 2.41. The highest BCUT2D eigenvalue weighted by Gasteiger charge is 2.27. The molecule has 0 saturated heterocycles. The van der Waals surface area contributed by atoms with E-state index in [0.717, 1.165) is 82.9 Å². The topological polar surface area (TPSA) is 63.0 Å². The molecule has 1 unspecified atom stereocenters. The monoisotopic (exact) mass is 667 g/mol. The van der Waals surface area contributed by atoms with E-state index < -0.39 is 6.17 Å². The van der Waals surface area contributed by atoms with Crippen LogP contribution in [0, 0.1) is 0 Å². The van der Waals surface area contributed by atoms with Crippen molar-refractivity contribution >= 4 is 77.1 Å². The molecule has 5 nitrogen and oxygen atoms in total. The molecule has 1 N–H and O–H groups in total. The maximum atomic E-state index is 6.72. The van der Waals surface area contributed by atoms with E-state index in [0.29, 0.717) is 5.84 Å². The molecule has 1 aliphatic rings. The van der Waals surface area contributed by atoms with Gasteiger partial charge in [0.05, 0.1) is 0 Å². The van der Waals surface area contributed by atoms with Crippen LogP contribution in [0.15, 0.2) is 183 Å². The third kappa shape index (κ3) is 4.49. The number of rotatable bonds is 4. The first-order valence-electron chi connectivity index (χ1n) is 17.5. The summed E-state index contributed by atoms with van der Waals surface area (Å²) in [5.74, 6) is 1.39. The lowest BCUT2D eigenvalue weighted by atomic mass is 9.96. The minimum absolute atomic E-state index is 0.438. The van der Waals surface area contributed by atoms with Gasteiger partial charge in [-0.25, -0.2) is 9.98 Å². The third-order valence-corrected chi connectivity index (χ3v) is 10.3. The Morgan fingerprint density at radius 3 is 1.83 bits per heavy atom. The highest BCUT2D eigenvalue weighted by atomic mass is 16.3. The van der Waals surface area contributed by atoms with Gasteiger partial charge in [-0.1, -0.05) is 121 Å². The zero-order valence-electron chi connectivity index (χ0n) is 27.9. The van der Waals surface area contributed by atoms with Gasteiger partial charge in [0.25, 0.3) is 0 Å². The molecule has 0 amide bonds. The summed E-state index contributed by atoms with van der Waals surface area (Å²) in [4.78, 5) is 10.7. The quantitative estimate of drug-likeness (QED) is 0.203. The molecule has 0 bridgehead atoms.